The van der Waals surface area contributed by atoms with Gasteiger partial charge in [0.05, 0.1) is 16.3 Å². The van der Waals surface area contributed by atoms with E-state index in [0.717, 1.165) is 6.26 Å². The second-order valence-electron chi connectivity index (χ2n) is 4.47. The van der Waals surface area contributed by atoms with Crippen molar-refractivity contribution in [2.75, 3.05) is 25.9 Å². The SMILES string of the molecule is CCN(CCCNC(=O)c1cccc(Br)c1F)S(C)(=O)=O. The van der Waals surface area contributed by atoms with Gasteiger partial charge in [-0.2, -0.15) is 0 Å². The third kappa shape index (κ3) is 5.37. The van der Waals surface area contributed by atoms with Crippen LogP contribution in [0.25, 0.3) is 0 Å². The smallest absolute Gasteiger partial charge is 0.254 e. The Morgan fingerprint density at radius 2 is 2.10 bits per heavy atom. The van der Waals surface area contributed by atoms with E-state index in [0.29, 0.717) is 19.5 Å². The van der Waals surface area contributed by atoms with Crippen LogP contribution in [-0.4, -0.2) is 44.5 Å². The number of rotatable bonds is 7. The molecule has 0 aliphatic carbocycles. The molecule has 1 rings (SSSR count). The van der Waals surface area contributed by atoms with Gasteiger partial charge in [-0.15, -0.1) is 0 Å². The Morgan fingerprint density at radius 3 is 2.67 bits per heavy atom. The van der Waals surface area contributed by atoms with E-state index >= 15 is 0 Å². The molecule has 0 bridgehead atoms. The lowest BCUT2D eigenvalue weighted by atomic mass is 10.2. The van der Waals surface area contributed by atoms with Gasteiger partial charge in [-0.1, -0.05) is 13.0 Å². The Morgan fingerprint density at radius 1 is 1.43 bits per heavy atom. The lowest BCUT2D eigenvalue weighted by Gasteiger charge is -2.17. The van der Waals surface area contributed by atoms with Gasteiger partial charge in [0.15, 0.2) is 0 Å². The predicted molar refractivity (Wildman–Crippen MR) is 83.1 cm³/mol. The van der Waals surface area contributed by atoms with E-state index in [4.69, 9.17) is 0 Å². The van der Waals surface area contributed by atoms with Crippen LogP contribution in [0.5, 0.6) is 0 Å². The lowest BCUT2D eigenvalue weighted by Crippen LogP contribution is -2.33. The molecule has 0 saturated carbocycles. The number of nitrogens with zero attached hydrogens (tertiary/aromatic N) is 1. The van der Waals surface area contributed by atoms with E-state index in [1.54, 1.807) is 13.0 Å². The summed E-state index contributed by atoms with van der Waals surface area (Å²) >= 11 is 3.02. The van der Waals surface area contributed by atoms with Gasteiger partial charge in [-0.05, 0) is 34.5 Å². The highest BCUT2D eigenvalue weighted by molar-refractivity contribution is 9.10. The van der Waals surface area contributed by atoms with Crippen LogP contribution < -0.4 is 5.32 Å². The van der Waals surface area contributed by atoms with Crippen molar-refractivity contribution in [1.82, 2.24) is 9.62 Å². The summed E-state index contributed by atoms with van der Waals surface area (Å²) in [6, 6.07) is 4.48. The molecule has 0 atom stereocenters. The highest BCUT2D eigenvalue weighted by Crippen LogP contribution is 2.18. The molecule has 0 spiro atoms. The molecule has 0 aliphatic rings. The largest absolute Gasteiger partial charge is 0.352 e. The Balaban J connectivity index is 2.49. The van der Waals surface area contributed by atoms with Crippen LogP contribution in [0.3, 0.4) is 0 Å². The molecule has 8 heteroatoms. The zero-order chi connectivity index (χ0) is 16.0. The molecule has 0 heterocycles. The van der Waals surface area contributed by atoms with E-state index in [1.807, 2.05) is 0 Å². The molecule has 0 unspecified atom stereocenters. The Bertz CT molecular complexity index is 607. The third-order valence-corrected chi connectivity index (χ3v) is 4.88. The molecule has 0 fully saturated rings. The molecule has 0 saturated heterocycles. The van der Waals surface area contributed by atoms with E-state index in [9.17, 15) is 17.6 Å². The first-order chi connectivity index (χ1) is 9.77. The normalized spacial score (nSPS) is 11.7. The molecule has 0 aliphatic heterocycles. The van der Waals surface area contributed by atoms with Crippen molar-refractivity contribution in [1.29, 1.82) is 0 Å². The molecule has 21 heavy (non-hydrogen) atoms. The molecule has 1 N–H and O–H groups in total. The Kier molecular flexibility index (Phi) is 6.76. The number of halogens is 2. The average molecular weight is 381 g/mol. The number of amides is 1. The molecule has 1 amide bonds. The summed E-state index contributed by atoms with van der Waals surface area (Å²) in [6.45, 7) is 2.72. The summed E-state index contributed by atoms with van der Waals surface area (Å²) in [6.07, 6.45) is 1.61. The monoisotopic (exact) mass is 380 g/mol. The molecule has 5 nitrogen and oxygen atoms in total. The Labute approximate surface area is 132 Å². The fourth-order valence-electron chi connectivity index (χ4n) is 1.79. The van der Waals surface area contributed by atoms with Crippen molar-refractivity contribution in [3.05, 3.63) is 34.1 Å². The maximum absolute atomic E-state index is 13.7. The summed E-state index contributed by atoms with van der Waals surface area (Å²) < 4.78 is 38.0. The fraction of sp³-hybridized carbons (Fsp3) is 0.462. The van der Waals surface area contributed by atoms with Crippen LogP contribution in [0.2, 0.25) is 0 Å². The molecule has 1 aromatic carbocycles. The van der Waals surface area contributed by atoms with Crippen LogP contribution in [0, 0.1) is 5.82 Å². The molecule has 118 valence electrons. The average Bonchev–Trinajstić information content (AvgIpc) is 2.40. The maximum Gasteiger partial charge on any atom is 0.254 e. The van der Waals surface area contributed by atoms with E-state index in [-0.39, 0.29) is 16.6 Å². The number of sulfonamides is 1. The zero-order valence-corrected chi connectivity index (χ0v) is 14.3. The van der Waals surface area contributed by atoms with Crippen LogP contribution in [-0.2, 0) is 10.0 Å². The van der Waals surface area contributed by atoms with Gasteiger partial charge >= 0.3 is 0 Å². The molecule has 0 radical (unpaired) electrons. The van der Waals surface area contributed by atoms with Gasteiger partial charge in [0.2, 0.25) is 10.0 Å². The fourth-order valence-corrected chi connectivity index (χ4v) is 3.09. The number of nitrogens with one attached hydrogen (secondary N) is 1. The minimum Gasteiger partial charge on any atom is -0.352 e. The number of benzene rings is 1. The standard InChI is InChI=1S/C13H18BrFN2O3S/c1-3-17(21(2,19)20)9-5-8-16-13(18)10-6-4-7-11(14)12(10)15/h4,6-7H,3,5,8-9H2,1-2H3,(H,16,18). The van der Waals surface area contributed by atoms with Crippen molar-refractivity contribution < 1.29 is 17.6 Å². The van der Waals surface area contributed by atoms with Crippen LogP contribution in [0.4, 0.5) is 4.39 Å². The first kappa shape index (κ1) is 18.1. The molecular weight excluding hydrogens is 363 g/mol. The molecule has 0 aromatic heterocycles. The number of hydrogen-bond acceptors (Lipinski definition) is 3. The van der Waals surface area contributed by atoms with Crippen molar-refractivity contribution in [3.63, 3.8) is 0 Å². The van der Waals surface area contributed by atoms with Crippen molar-refractivity contribution in [3.8, 4) is 0 Å². The third-order valence-electron chi connectivity index (χ3n) is 2.89. The number of carbonyl (C=O) groups excluding carboxylic acids is 1. The summed E-state index contributed by atoms with van der Waals surface area (Å²) in [7, 11) is -3.23. The number of carbonyl (C=O) groups is 1. The van der Waals surface area contributed by atoms with Gasteiger partial charge in [0, 0.05) is 19.6 Å². The highest BCUT2D eigenvalue weighted by atomic mass is 79.9. The number of hydrogen-bond donors (Lipinski definition) is 1. The van der Waals surface area contributed by atoms with Gasteiger partial charge in [0.25, 0.3) is 5.91 Å². The lowest BCUT2D eigenvalue weighted by molar-refractivity contribution is 0.0948. The van der Waals surface area contributed by atoms with Gasteiger partial charge in [-0.3, -0.25) is 4.79 Å². The van der Waals surface area contributed by atoms with Crippen molar-refractivity contribution in [2.45, 2.75) is 13.3 Å². The van der Waals surface area contributed by atoms with E-state index in [1.165, 1.54) is 16.4 Å². The Hall–Kier alpha value is -0.990. The topological polar surface area (TPSA) is 66.5 Å². The summed E-state index contributed by atoms with van der Waals surface area (Å²) in [5, 5.41) is 2.58. The summed E-state index contributed by atoms with van der Waals surface area (Å²) in [4.78, 5) is 11.8. The van der Waals surface area contributed by atoms with Crippen LogP contribution >= 0.6 is 15.9 Å². The first-order valence-electron chi connectivity index (χ1n) is 6.44. The van der Waals surface area contributed by atoms with Crippen LogP contribution in [0.15, 0.2) is 22.7 Å². The molecular formula is C13H18BrFN2O3S. The van der Waals surface area contributed by atoms with Gasteiger partial charge in [-0.25, -0.2) is 17.1 Å². The second-order valence-corrected chi connectivity index (χ2v) is 7.30. The quantitative estimate of drug-likeness (QED) is 0.735. The van der Waals surface area contributed by atoms with Gasteiger partial charge < -0.3 is 5.32 Å². The van der Waals surface area contributed by atoms with E-state index < -0.39 is 21.7 Å². The minimum atomic E-state index is -3.23. The van der Waals surface area contributed by atoms with Crippen molar-refractivity contribution >= 4 is 31.9 Å². The summed E-state index contributed by atoms with van der Waals surface area (Å²) in [5.41, 5.74) is -0.0418. The first-order valence-corrected chi connectivity index (χ1v) is 9.08. The maximum atomic E-state index is 13.7. The van der Waals surface area contributed by atoms with E-state index in [2.05, 4.69) is 21.2 Å². The summed E-state index contributed by atoms with van der Waals surface area (Å²) in [5.74, 6) is -1.13. The highest BCUT2D eigenvalue weighted by Gasteiger charge is 2.15. The second kappa shape index (κ2) is 7.86. The zero-order valence-electron chi connectivity index (χ0n) is 11.9. The van der Waals surface area contributed by atoms with Crippen LogP contribution in [0.1, 0.15) is 23.7 Å². The van der Waals surface area contributed by atoms with Crippen molar-refractivity contribution in [2.24, 2.45) is 0 Å². The van der Waals surface area contributed by atoms with Gasteiger partial charge in [0.1, 0.15) is 5.82 Å². The molecule has 1 aromatic rings. The predicted octanol–water partition coefficient (Wildman–Crippen LogP) is 1.99. The minimum absolute atomic E-state index is 0.0418.